The third-order valence-electron chi connectivity index (χ3n) is 2.49. The van der Waals surface area contributed by atoms with E-state index in [-0.39, 0.29) is 6.54 Å². The van der Waals surface area contributed by atoms with Crippen LogP contribution in [0.15, 0.2) is 18.2 Å². The summed E-state index contributed by atoms with van der Waals surface area (Å²) in [4.78, 5) is 10.2. The summed E-state index contributed by atoms with van der Waals surface area (Å²) in [7, 11) is 1.58. The molecular formula is C11H12N3O3-. The molecule has 90 valence electrons. The number of carboxylic acid groups (broad SMARTS) is 1. The molecule has 2 rings (SSSR count). The number of methoxy groups -OCH3 is 1. The molecule has 0 radical (unpaired) electrons. The van der Waals surface area contributed by atoms with Crippen molar-refractivity contribution in [2.75, 3.05) is 13.7 Å². The van der Waals surface area contributed by atoms with E-state index in [2.05, 4.69) is 15.5 Å². The van der Waals surface area contributed by atoms with Gasteiger partial charge in [-0.15, -0.1) is 0 Å². The normalized spacial score (nSPS) is 10.4. The minimum Gasteiger partial charge on any atom is -0.530 e. The molecule has 0 aliphatic carbocycles. The van der Waals surface area contributed by atoms with Crippen molar-refractivity contribution in [2.45, 2.75) is 6.42 Å². The van der Waals surface area contributed by atoms with Crippen LogP contribution >= 0.6 is 0 Å². The average Bonchev–Trinajstić information content (AvgIpc) is 2.72. The van der Waals surface area contributed by atoms with E-state index in [1.165, 1.54) is 0 Å². The Balaban J connectivity index is 2.21. The SMILES string of the molecule is COc1cccc2c(CCNC(=O)[O-])[nH]nc12. The van der Waals surface area contributed by atoms with Crippen LogP contribution in [0.2, 0.25) is 0 Å². The fourth-order valence-electron chi connectivity index (χ4n) is 1.71. The van der Waals surface area contributed by atoms with Crippen molar-refractivity contribution in [3.05, 3.63) is 23.9 Å². The summed E-state index contributed by atoms with van der Waals surface area (Å²) in [5, 5.41) is 20.4. The molecule has 6 heteroatoms. The summed E-state index contributed by atoms with van der Waals surface area (Å²) < 4.78 is 5.18. The Morgan fingerprint density at radius 1 is 1.59 bits per heavy atom. The van der Waals surface area contributed by atoms with Crippen LogP contribution in [0.5, 0.6) is 5.75 Å². The van der Waals surface area contributed by atoms with Crippen LogP contribution in [0.4, 0.5) is 4.79 Å². The molecule has 0 bridgehead atoms. The van der Waals surface area contributed by atoms with Crippen molar-refractivity contribution >= 4 is 17.0 Å². The van der Waals surface area contributed by atoms with Gasteiger partial charge < -0.3 is 20.0 Å². The number of H-pyrrole nitrogens is 1. The molecule has 0 saturated heterocycles. The number of ether oxygens (including phenoxy) is 1. The second-order valence-electron chi connectivity index (χ2n) is 3.52. The number of nitrogens with zero attached hydrogens (tertiary/aromatic N) is 1. The maximum atomic E-state index is 10.2. The second-order valence-corrected chi connectivity index (χ2v) is 3.52. The molecule has 0 saturated carbocycles. The van der Waals surface area contributed by atoms with Gasteiger partial charge in [-0.25, -0.2) is 0 Å². The maximum Gasteiger partial charge on any atom is 0.146 e. The van der Waals surface area contributed by atoms with Crippen molar-refractivity contribution < 1.29 is 14.6 Å². The van der Waals surface area contributed by atoms with Crippen molar-refractivity contribution in [1.29, 1.82) is 0 Å². The molecule has 1 heterocycles. The highest BCUT2D eigenvalue weighted by Crippen LogP contribution is 2.25. The Labute approximate surface area is 97.6 Å². The van der Waals surface area contributed by atoms with E-state index >= 15 is 0 Å². The van der Waals surface area contributed by atoms with Crippen LogP contribution in [0.25, 0.3) is 10.9 Å². The summed E-state index contributed by atoms with van der Waals surface area (Å²) >= 11 is 0. The minimum atomic E-state index is -1.27. The smallest absolute Gasteiger partial charge is 0.146 e. The number of aromatic nitrogens is 2. The Morgan fingerprint density at radius 3 is 3.12 bits per heavy atom. The van der Waals surface area contributed by atoms with Gasteiger partial charge in [-0.05, 0) is 6.07 Å². The van der Waals surface area contributed by atoms with Crippen molar-refractivity contribution in [2.24, 2.45) is 0 Å². The van der Waals surface area contributed by atoms with Gasteiger partial charge in [0.1, 0.15) is 17.4 Å². The zero-order chi connectivity index (χ0) is 12.3. The van der Waals surface area contributed by atoms with Gasteiger partial charge in [0.05, 0.1) is 7.11 Å². The molecule has 0 atom stereocenters. The number of hydrogen-bond donors (Lipinski definition) is 2. The lowest BCUT2D eigenvalue weighted by Gasteiger charge is -2.05. The number of benzene rings is 1. The molecule has 1 aromatic heterocycles. The first-order valence-corrected chi connectivity index (χ1v) is 5.17. The highest BCUT2D eigenvalue weighted by atomic mass is 16.5. The topological polar surface area (TPSA) is 90.1 Å². The lowest BCUT2D eigenvalue weighted by Crippen LogP contribution is -2.37. The number of rotatable bonds is 4. The van der Waals surface area contributed by atoms with Gasteiger partial charge in [-0.3, -0.25) is 5.10 Å². The van der Waals surface area contributed by atoms with Gasteiger partial charge in [0.15, 0.2) is 0 Å². The number of carbonyl (C=O) groups is 1. The molecule has 0 aliphatic rings. The molecule has 2 aromatic rings. The van der Waals surface area contributed by atoms with Crippen LogP contribution in [-0.4, -0.2) is 29.9 Å². The number of fused-ring (bicyclic) bond motifs is 1. The lowest BCUT2D eigenvalue weighted by atomic mass is 10.1. The molecule has 0 aliphatic heterocycles. The number of hydrogen-bond acceptors (Lipinski definition) is 4. The van der Waals surface area contributed by atoms with Gasteiger partial charge in [0, 0.05) is 24.0 Å². The first kappa shape index (κ1) is 11.3. The Hall–Kier alpha value is -2.24. The van der Waals surface area contributed by atoms with Crippen LogP contribution in [0.3, 0.4) is 0 Å². The molecule has 2 N–H and O–H groups in total. The molecule has 6 nitrogen and oxygen atoms in total. The molecular weight excluding hydrogens is 222 g/mol. The lowest BCUT2D eigenvalue weighted by molar-refractivity contribution is -0.250. The van der Waals surface area contributed by atoms with Gasteiger partial charge in [0.2, 0.25) is 0 Å². The van der Waals surface area contributed by atoms with Crippen LogP contribution in [0.1, 0.15) is 5.69 Å². The monoisotopic (exact) mass is 234 g/mol. The van der Waals surface area contributed by atoms with Gasteiger partial charge in [-0.1, -0.05) is 12.1 Å². The minimum absolute atomic E-state index is 0.289. The van der Waals surface area contributed by atoms with Gasteiger partial charge in [-0.2, -0.15) is 5.10 Å². The van der Waals surface area contributed by atoms with E-state index in [0.717, 1.165) is 16.6 Å². The zero-order valence-electron chi connectivity index (χ0n) is 9.32. The average molecular weight is 234 g/mol. The Kier molecular flexibility index (Phi) is 3.13. The number of para-hydroxylation sites is 1. The summed E-state index contributed by atoms with van der Waals surface area (Å²) in [5.74, 6) is 0.692. The van der Waals surface area contributed by atoms with E-state index in [9.17, 15) is 9.90 Å². The fourth-order valence-corrected chi connectivity index (χ4v) is 1.71. The summed E-state index contributed by atoms with van der Waals surface area (Å²) in [6.45, 7) is 0.289. The molecule has 0 fully saturated rings. The Bertz CT molecular complexity index is 536. The largest absolute Gasteiger partial charge is 0.530 e. The van der Waals surface area contributed by atoms with Gasteiger partial charge >= 0.3 is 0 Å². The summed E-state index contributed by atoms with van der Waals surface area (Å²) in [5.41, 5.74) is 1.62. The summed E-state index contributed by atoms with van der Waals surface area (Å²) in [6, 6.07) is 5.61. The van der Waals surface area contributed by atoms with Crippen LogP contribution < -0.4 is 15.2 Å². The number of aromatic amines is 1. The molecule has 1 aromatic carbocycles. The highest BCUT2D eigenvalue weighted by molar-refractivity contribution is 5.86. The van der Waals surface area contributed by atoms with Crippen molar-refractivity contribution in [3.63, 3.8) is 0 Å². The third-order valence-corrected chi connectivity index (χ3v) is 2.49. The first-order valence-electron chi connectivity index (χ1n) is 5.17. The summed E-state index contributed by atoms with van der Waals surface area (Å²) in [6.07, 6.45) is -0.746. The predicted octanol–water partition coefficient (Wildman–Crippen LogP) is 0.0469. The Morgan fingerprint density at radius 2 is 2.41 bits per heavy atom. The number of amides is 1. The standard InChI is InChI=1S/C11H13N3O3/c1-17-9-4-2-3-7-8(13-14-10(7)9)5-6-12-11(15)16/h2-4,12H,5-6H2,1H3,(H,13,14)(H,15,16)/p-1. The van der Waals surface area contributed by atoms with E-state index in [1.807, 2.05) is 18.2 Å². The van der Waals surface area contributed by atoms with E-state index in [1.54, 1.807) is 7.11 Å². The predicted molar refractivity (Wildman–Crippen MR) is 59.7 cm³/mol. The van der Waals surface area contributed by atoms with Gasteiger partial charge in [0.25, 0.3) is 0 Å². The fraction of sp³-hybridized carbons (Fsp3) is 0.273. The quantitative estimate of drug-likeness (QED) is 0.782. The van der Waals surface area contributed by atoms with Crippen molar-refractivity contribution in [1.82, 2.24) is 15.5 Å². The maximum absolute atomic E-state index is 10.2. The van der Waals surface area contributed by atoms with E-state index in [0.29, 0.717) is 12.2 Å². The van der Waals surface area contributed by atoms with Crippen LogP contribution in [-0.2, 0) is 6.42 Å². The zero-order valence-corrected chi connectivity index (χ0v) is 9.32. The molecule has 17 heavy (non-hydrogen) atoms. The highest BCUT2D eigenvalue weighted by Gasteiger charge is 2.08. The van der Waals surface area contributed by atoms with Crippen LogP contribution in [0, 0.1) is 0 Å². The number of nitrogens with one attached hydrogen (secondary N) is 2. The molecule has 0 unspecified atom stereocenters. The second kappa shape index (κ2) is 4.73. The van der Waals surface area contributed by atoms with Crippen molar-refractivity contribution in [3.8, 4) is 5.75 Å². The number of carbonyl (C=O) groups excluding carboxylic acids is 1. The molecule has 0 spiro atoms. The van der Waals surface area contributed by atoms with E-state index < -0.39 is 6.09 Å². The van der Waals surface area contributed by atoms with E-state index in [4.69, 9.17) is 4.74 Å². The molecule has 1 amide bonds. The third kappa shape index (κ3) is 2.30. The first-order chi connectivity index (χ1) is 8.22.